The van der Waals surface area contributed by atoms with Crippen molar-refractivity contribution in [3.63, 3.8) is 0 Å². The molecule has 0 atom stereocenters. The van der Waals surface area contributed by atoms with E-state index in [9.17, 15) is 9.59 Å². The van der Waals surface area contributed by atoms with Crippen LogP contribution in [0, 0.1) is 0 Å². The van der Waals surface area contributed by atoms with Crippen LogP contribution in [0.1, 0.15) is 19.3 Å². The van der Waals surface area contributed by atoms with Gasteiger partial charge in [0.05, 0.1) is 5.60 Å². The number of hydrogen-bond donors (Lipinski definition) is 0. The molecule has 2 aliphatic rings. The van der Waals surface area contributed by atoms with Crippen molar-refractivity contribution >= 4 is 11.7 Å². The number of amides is 1. The van der Waals surface area contributed by atoms with E-state index in [0.717, 1.165) is 12.8 Å². The molecule has 82 valence electrons. The van der Waals surface area contributed by atoms with E-state index >= 15 is 0 Å². The molecule has 2 saturated heterocycles. The molecular weight excluding hydrogens is 194 g/mol. The maximum atomic E-state index is 11.3. The highest BCUT2D eigenvalue weighted by molar-refractivity contribution is 5.87. The van der Waals surface area contributed by atoms with Crippen LogP contribution in [0.2, 0.25) is 0 Å². The second-order valence-electron chi connectivity index (χ2n) is 4.22. The van der Waals surface area contributed by atoms with E-state index in [1.807, 2.05) is 0 Å². The van der Waals surface area contributed by atoms with Gasteiger partial charge in [0.25, 0.3) is 0 Å². The first-order valence-corrected chi connectivity index (χ1v) is 5.22. The normalized spacial score (nSPS) is 24.5. The molecule has 0 radical (unpaired) electrons. The molecule has 0 aromatic rings. The SMILES string of the molecule is C=CC(=O)N1CCC2(CC1)CC(=O)CO2. The van der Waals surface area contributed by atoms with Crippen molar-refractivity contribution in [3.05, 3.63) is 12.7 Å². The minimum absolute atomic E-state index is 0.0332. The van der Waals surface area contributed by atoms with Crippen molar-refractivity contribution in [2.24, 2.45) is 0 Å². The number of hydrogen-bond acceptors (Lipinski definition) is 3. The number of carbonyl (C=O) groups is 2. The first-order chi connectivity index (χ1) is 7.15. The van der Waals surface area contributed by atoms with Crippen LogP contribution < -0.4 is 0 Å². The molecule has 0 aromatic heterocycles. The van der Waals surface area contributed by atoms with Crippen molar-refractivity contribution in [3.8, 4) is 0 Å². The fraction of sp³-hybridized carbons (Fsp3) is 0.636. The van der Waals surface area contributed by atoms with Crippen molar-refractivity contribution < 1.29 is 14.3 Å². The standard InChI is InChI=1S/C11H15NO3/c1-2-10(14)12-5-3-11(4-6-12)7-9(13)8-15-11/h2H,1,3-8H2. The van der Waals surface area contributed by atoms with Gasteiger partial charge >= 0.3 is 0 Å². The summed E-state index contributed by atoms with van der Waals surface area (Å²) in [7, 11) is 0. The van der Waals surface area contributed by atoms with Gasteiger partial charge in [0.1, 0.15) is 6.61 Å². The zero-order valence-electron chi connectivity index (χ0n) is 8.70. The second kappa shape index (κ2) is 3.77. The van der Waals surface area contributed by atoms with E-state index < -0.39 is 0 Å². The van der Waals surface area contributed by atoms with Crippen molar-refractivity contribution in [1.29, 1.82) is 0 Å². The second-order valence-corrected chi connectivity index (χ2v) is 4.22. The molecule has 1 spiro atoms. The number of carbonyl (C=O) groups excluding carboxylic acids is 2. The van der Waals surface area contributed by atoms with Crippen LogP contribution in [0.15, 0.2) is 12.7 Å². The molecule has 2 aliphatic heterocycles. The van der Waals surface area contributed by atoms with Gasteiger partial charge in [0.15, 0.2) is 5.78 Å². The summed E-state index contributed by atoms with van der Waals surface area (Å²) >= 11 is 0. The molecule has 2 rings (SSSR count). The van der Waals surface area contributed by atoms with E-state index in [4.69, 9.17) is 4.74 Å². The molecule has 4 nitrogen and oxygen atoms in total. The molecule has 0 N–H and O–H groups in total. The van der Waals surface area contributed by atoms with Crippen LogP contribution in [0.3, 0.4) is 0 Å². The Morgan fingerprint density at radius 2 is 2.13 bits per heavy atom. The van der Waals surface area contributed by atoms with Gasteiger partial charge in [-0.1, -0.05) is 6.58 Å². The number of Topliss-reactive ketones (excluding diaryl/α,β-unsaturated/α-hetero) is 1. The lowest BCUT2D eigenvalue weighted by atomic mass is 9.88. The van der Waals surface area contributed by atoms with Gasteiger partial charge in [0, 0.05) is 19.5 Å². The minimum Gasteiger partial charge on any atom is -0.367 e. The topological polar surface area (TPSA) is 46.6 Å². The molecule has 1 amide bonds. The van der Waals surface area contributed by atoms with E-state index in [-0.39, 0.29) is 23.9 Å². The quantitative estimate of drug-likeness (QED) is 0.591. The van der Waals surface area contributed by atoms with Crippen LogP contribution in [0.4, 0.5) is 0 Å². The highest BCUT2D eigenvalue weighted by atomic mass is 16.5. The Balaban J connectivity index is 1.94. The summed E-state index contributed by atoms with van der Waals surface area (Å²) in [6.07, 6.45) is 3.37. The van der Waals surface area contributed by atoms with E-state index in [0.29, 0.717) is 19.5 Å². The summed E-state index contributed by atoms with van der Waals surface area (Å²) < 4.78 is 5.54. The third-order valence-electron chi connectivity index (χ3n) is 3.22. The van der Waals surface area contributed by atoms with E-state index in [1.54, 1.807) is 4.90 Å². The van der Waals surface area contributed by atoms with Gasteiger partial charge < -0.3 is 9.64 Å². The monoisotopic (exact) mass is 209 g/mol. The number of likely N-dealkylation sites (tertiary alicyclic amines) is 1. The Kier molecular flexibility index (Phi) is 2.61. The average Bonchev–Trinajstić information content (AvgIpc) is 2.60. The summed E-state index contributed by atoms with van der Waals surface area (Å²) in [4.78, 5) is 24.3. The Hall–Kier alpha value is -1.16. The number of ketones is 1. The molecule has 0 saturated carbocycles. The molecule has 0 bridgehead atoms. The van der Waals surface area contributed by atoms with Gasteiger partial charge in [-0.05, 0) is 18.9 Å². The van der Waals surface area contributed by atoms with Gasteiger partial charge in [-0.15, -0.1) is 0 Å². The highest BCUT2D eigenvalue weighted by Gasteiger charge is 2.42. The van der Waals surface area contributed by atoms with Gasteiger partial charge in [-0.25, -0.2) is 0 Å². The molecule has 15 heavy (non-hydrogen) atoms. The van der Waals surface area contributed by atoms with Gasteiger partial charge in [-0.3, -0.25) is 9.59 Å². The maximum Gasteiger partial charge on any atom is 0.245 e. The lowest BCUT2D eigenvalue weighted by molar-refractivity contribution is -0.130. The molecule has 2 heterocycles. The van der Waals surface area contributed by atoms with Crippen LogP contribution in [-0.4, -0.2) is 41.9 Å². The molecule has 0 unspecified atom stereocenters. The summed E-state index contributed by atoms with van der Waals surface area (Å²) in [5.41, 5.74) is -0.269. The summed E-state index contributed by atoms with van der Waals surface area (Å²) in [5.74, 6) is 0.146. The van der Waals surface area contributed by atoms with E-state index in [1.165, 1.54) is 6.08 Å². The maximum absolute atomic E-state index is 11.3. The van der Waals surface area contributed by atoms with E-state index in [2.05, 4.69) is 6.58 Å². The fourth-order valence-corrected chi connectivity index (χ4v) is 2.28. The average molecular weight is 209 g/mol. The van der Waals surface area contributed by atoms with Crippen molar-refractivity contribution in [2.45, 2.75) is 24.9 Å². The van der Waals surface area contributed by atoms with Gasteiger partial charge in [-0.2, -0.15) is 0 Å². The molecule has 2 fully saturated rings. The first-order valence-electron chi connectivity index (χ1n) is 5.22. The van der Waals surface area contributed by atoms with Crippen LogP contribution in [-0.2, 0) is 14.3 Å². The van der Waals surface area contributed by atoms with Gasteiger partial charge in [0.2, 0.25) is 5.91 Å². The zero-order valence-corrected chi connectivity index (χ0v) is 8.70. The summed E-state index contributed by atoms with van der Waals surface area (Å²) in [6, 6.07) is 0. The zero-order chi connectivity index (χ0) is 10.9. The summed E-state index contributed by atoms with van der Waals surface area (Å²) in [6.45, 7) is 5.04. The Bertz CT molecular complexity index is 303. The number of rotatable bonds is 1. The van der Waals surface area contributed by atoms with Crippen LogP contribution in [0.25, 0.3) is 0 Å². The predicted octanol–water partition coefficient (Wildman–Crippen LogP) is 0.523. The lowest BCUT2D eigenvalue weighted by Gasteiger charge is -2.37. The largest absolute Gasteiger partial charge is 0.367 e. The Labute approximate surface area is 88.9 Å². The lowest BCUT2D eigenvalue weighted by Crippen LogP contribution is -2.46. The molecular formula is C11H15NO3. The summed E-state index contributed by atoms with van der Waals surface area (Å²) in [5, 5.41) is 0. The third kappa shape index (κ3) is 1.95. The number of piperidine rings is 1. The van der Waals surface area contributed by atoms with Crippen LogP contribution in [0.5, 0.6) is 0 Å². The molecule has 0 aromatic carbocycles. The number of ether oxygens (including phenoxy) is 1. The predicted molar refractivity (Wildman–Crippen MR) is 54.3 cm³/mol. The minimum atomic E-state index is -0.269. The molecule has 4 heteroatoms. The molecule has 0 aliphatic carbocycles. The first kappa shape index (κ1) is 10.4. The highest BCUT2D eigenvalue weighted by Crippen LogP contribution is 2.34. The Morgan fingerprint density at radius 3 is 2.60 bits per heavy atom. The fourth-order valence-electron chi connectivity index (χ4n) is 2.28. The Morgan fingerprint density at radius 1 is 1.47 bits per heavy atom. The number of nitrogens with zero attached hydrogens (tertiary/aromatic N) is 1. The van der Waals surface area contributed by atoms with Crippen molar-refractivity contribution in [1.82, 2.24) is 4.90 Å². The smallest absolute Gasteiger partial charge is 0.245 e. The van der Waals surface area contributed by atoms with Crippen LogP contribution >= 0.6 is 0 Å². The third-order valence-corrected chi connectivity index (χ3v) is 3.22. The van der Waals surface area contributed by atoms with Crippen molar-refractivity contribution in [2.75, 3.05) is 19.7 Å².